The number of nitrogens with zero attached hydrogens (tertiary/aromatic N) is 3. The average Bonchev–Trinajstić information content (AvgIpc) is 3.05. The van der Waals surface area contributed by atoms with E-state index in [1.54, 1.807) is 4.57 Å². The highest BCUT2D eigenvalue weighted by atomic mass is 32.2. The van der Waals surface area contributed by atoms with Crippen LogP contribution in [0.2, 0.25) is 0 Å². The van der Waals surface area contributed by atoms with E-state index >= 15 is 0 Å². The van der Waals surface area contributed by atoms with Gasteiger partial charge in [0.2, 0.25) is 11.9 Å². The summed E-state index contributed by atoms with van der Waals surface area (Å²) in [6.45, 7) is 8.02. The van der Waals surface area contributed by atoms with Crippen molar-refractivity contribution in [2.75, 3.05) is 11.1 Å². The van der Waals surface area contributed by atoms with Crippen molar-refractivity contribution in [2.24, 2.45) is 0 Å². The largest absolute Gasteiger partial charge is 0.368 e. The van der Waals surface area contributed by atoms with E-state index in [1.165, 1.54) is 22.9 Å². The molecule has 152 valence electrons. The van der Waals surface area contributed by atoms with Gasteiger partial charge in [0.25, 0.3) is 0 Å². The molecule has 2 aromatic carbocycles. The fourth-order valence-electron chi connectivity index (χ4n) is 3.47. The second-order valence-corrected chi connectivity index (χ2v) is 8.11. The Kier molecular flexibility index (Phi) is 6.59. The molecule has 1 aromatic heterocycles. The molecule has 3 aromatic rings. The number of anilines is 2. The second kappa shape index (κ2) is 9.13. The third-order valence-corrected chi connectivity index (χ3v) is 5.84. The van der Waals surface area contributed by atoms with Crippen LogP contribution in [0.3, 0.4) is 0 Å². The van der Waals surface area contributed by atoms with Gasteiger partial charge in [-0.2, -0.15) is 0 Å². The Labute approximate surface area is 175 Å². The molecule has 0 saturated heterocycles. The summed E-state index contributed by atoms with van der Waals surface area (Å²) >= 11 is 1.53. The minimum absolute atomic E-state index is 0.115. The Morgan fingerprint density at radius 1 is 1.14 bits per heavy atom. The first-order chi connectivity index (χ1) is 13.9. The van der Waals surface area contributed by atoms with Gasteiger partial charge in [-0.25, -0.2) is 0 Å². The molecule has 0 aliphatic rings. The Morgan fingerprint density at radius 3 is 2.41 bits per heavy atom. The van der Waals surface area contributed by atoms with Crippen molar-refractivity contribution >= 4 is 29.3 Å². The van der Waals surface area contributed by atoms with Gasteiger partial charge in [0.15, 0.2) is 5.16 Å². The zero-order valence-electron chi connectivity index (χ0n) is 17.3. The summed E-state index contributed by atoms with van der Waals surface area (Å²) < 4.78 is 1.74. The Hall–Kier alpha value is -2.80. The maximum atomic E-state index is 13.2. The lowest BCUT2D eigenvalue weighted by molar-refractivity contribution is -0.119. The van der Waals surface area contributed by atoms with Gasteiger partial charge in [-0.3, -0.25) is 9.36 Å². The number of nitrogen functional groups attached to an aromatic ring is 1. The van der Waals surface area contributed by atoms with Gasteiger partial charge in [0.05, 0.1) is 0 Å². The number of amides is 1. The first-order valence-corrected chi connectivity index (χ1v) is 10.6. The van der Waals surface area contributed by atoms with E-state index in [0.29, 0.717) is 11.6 Å². The first kappa shape index (κ1) is 20.9. The highest BCUT2D eigenvalue weighted by Gasteiger charge is 2.25. The molecule has 1 heterocycles. The Morgan fingerprint density at radius 2 is 1.79 bits per heavy atom. The summed E-state index contributed by atoms with van der Waals surface area (Å²) in [6, 6.07) is 13.8. The molecule has 3 N–H and O–H groups in total. The van der Waals surface area contributed by atoms with Crippen molar-refractivity contribution in [3.8, 4) is 0 Å². The molecule has 0 aliphatic heterocycles. The minimum Gasteiger partial charge on any atom is -0.368 e. The number of hydrogen-bond donors (Lipinski definition) is 2. The van der Waals surface area contributed by atoms with Gasteiger partial charge >= 0.3 is 0 Å². The molecule has 0 radical (unpaired) electrons. The number of aryl methyl sites for hydroxylation is 3. The van der Waals surface area contributed by atoms with Gasteiger partial charge < -0.3 is 11.1 Å². The predicted octanol–water partition coefficient (Wildman–Crippen LogP) is 4.67. The van der Waals surface area contributed by atoms with Crippen molar-refractivity contribution in [3.63, 3.8) is 0 Å². The van der Waals surface area contributed by atoms with E-state index in [-0.39, 0.29) is 11.9 Å². The minimum atomic E-state index is -0.483. The lowest BCUT2D eigenvalue weighted by atomic mass is 10.0. The molecule has 1 atom stereocenters. The number of benzene rings is 2. The fraction of sp³-hybridized carbons (Fsp3) is 0.318. The maximum Gasteiger partial charge on any atom is 0.247 e. The molecule has 6 nitrogen and oxygen atoms in total. The molecule has 0 aliphatic carbocycles. The van der Waals surface area contributed by atoms with Crippen molar-refractivity contribution in [3.05, 3.63) is 64.7 Å². The third-order valence-electron chi connectivity index (χ3n) is 4.83. The molecule has 7 heteroatoms. The summed E-state index contributed by atoms with van der Waals surface area (Å²) in [4.78, 5) is 13.2. The zero-order chi connectivity index (χ0) is 21.0. The molecule has 0 spiro atoms. The summed E-state index contributed by atoms with van der Waals surface area (Å²) in [7, 11) is 0. The number of aromatic nitrogens is 3. The first-order valence-electron chi connectivity index (χ1n) is 9.66. The number of hydrogen-bond acceptors (Lipinski definition) is 5. The van der Waals surface area contributed by atoms with Crippen molar-refractivity contribution in [2.45, 2.75) is 51.1 Å². The third kappa shape index (κ3) is 4.79. The van der Waals surface area contributed by atoms with Gasteiger partial charge in [-0.05, 0) is 43.9 Å². The van der Waals surface area contributed by atoms with Crippen LogP contribution in [0.5, 0.6) is 0 Å². The number of thioether (sulfide) groups is 1. The Balaban J connectivity index is 1.82. The van der Waals surface area contributed by atoms with Crippen molar-refractivity contribution in [1.29, 1.82) is 0 Å². The standard InChI is InChI=1S/C22H27N5OS/c1-5-18(20(28)24-19-15(3)11-14(2)12-16(19)4)27-21(23)25-26-22(27)29-13-17-9-7-6-8-10-17/h6-12,18H,5,13H2,1-4H3,(H2,23,25)(H,24,28). The number of carbonyl (C=O) groups is 1. The number of carbonyl (C=O) groups excluding carboxylic acids is 1. The molecule has 0 bridgehead atoms. The lowest BCUT2D eigenvalue weighted by Gasteiger charge is -2.21. The number of nitrogens with one attached hydrogen (secondary N) is 1. The SMILES string of the molecule is CCC(C(=O)Nc1c(C)cc(C)cc1C)n1c(N)nnc1SCc1ccccc1. The second-order valence-electron chi connectivity index (χ2n) is 7.17. The van der Waals surface area contributed by atoms with Crippen LogP contribution in [-0.4, -0.2) is 20.7 Å². The molecule has 29 heavy (non-hydrogen) atoms. The summed E-state index contributed by atoms with van der Waals surface area (Å²) in [5.74, 6) is 0.864. The highest BCUT2D eigenvalue weighted by molar-refractivity contribution is 7.98. The van der Waals surface area contributed by atoms with E-state index < -0.39 is 6.04 Å². The zero-order valence-corrected chi connectivity index (χ0v) is 18.1. The van der Waals surface area contributed by atoms with Crippen LogP contribution in [0.25, 0.3) is 0 Å². The number of rotatable bonds is 7. The molecule has 0 saturated carbocycles. The van der Waals surface area contributed by atoms with Crippen LogP contribution in [0, 0.1) is 20.8 Å². The quantitative estimate of drug-likeness (QED) is 0.554. The Bertz CT molecular complexity index is 977. The van der Waals surface area contributed by atoms with Crippen LogP contribution in [-0.2, 0) is 10.5 Å². The highest BCUT2D eigenvalue weighted by Crippen LogP contribution is 2.29. The van der Waals surface area contributed by atoms with Gasteiger partial charge in [0, 0.05) is 11.4 Å². The fourth-order valence-corrected chi connectivity index (χ4v) is 4.42. The van der Waals surface area contributed by atoms with Crippen molar-refractivity contribution in [1.82, 2.24) is 14.8 Å². The average molecular weight is 410 g/mol. The van der Waals surface area contributed by atoms with Gasteiger partial charge in [-0.1, -0.05) is 66.7 Å². The molecule has 1 unspecified atom stereocenters. The van der Waals surface area contributed by atoms with E-state index in [1.807, 2.05) is 39.0 Å². The molecule has 0 fully saturated rings. The van der Waals surface area contributed by atoms with Crippen molar-refractivity contribution < 1.29 is 4.79 Å². The normalized spacial score (nSPS) is 12.0. The monoisotopic (exact) mass is 409 g/mol. The van der Waals surface area contributed by atoms with E-state index in [9.17, 15) is 4.79 Å². The van der Waals surface area contributed by atoms with Crippen LogP contribution in [0.1, 0.15) is 41.6 Å². The smallest absolute Gasteiger partial charge is 0.247 e. The van der Waals surface area contributed by atoms with Gasteiger partial charge in [-0.15, -0.1) is 10.2 Å². The van der Waals surface area contributed by atoms with Crippen LogP contribution >= 0.6 is 11.8 Å². The van der Waals surface area contributed by atoms with E-state index in [4.69, 9.17) is 5.73 Å². The maximum absolute atomic E-state index is 13.2. The van der Waals surface area contributed by atoms with E-state index in [0.717, 1.165) is 22.6 Å². The van der Waals surface area contributed by atoms with Gasteiger partial charge in [0.1, 0.15) is 6.04 Å². The van der Waals surface area contributed by atoms with E-state index in [2.05, 4.69) is 46.7 Å². The van der Waals surface area contributed by atoms with Crippen LogP contribution in [0.4, 0.5) is 11.6 Å². The molecule has 3 rings (SSSR count). The topological polar surface area (TPSA) is 85.8 Å². The predicted molar refractivity (Wildman–Crippen MR) is 119 cm³/mol. The summed E-state index contributed by atoms with van der Waals surface area (Å²) in [6.07, 6.45) is 0.580. The molecular weight excluding hydrogens is 382 g/mol. The molecular formula is C22H27N5OS. The van der Waals surface area contributed by atoms with Crippen LogP contribution < -0.4 is 11.1 Å². The number of nitrogens with two attached hydrogens (primary N) is 1. The lowest BCUT2D eigenvalue weighted by Crippen LogP contribution is -2.27. The van der Waals surface area contributed by atoms with Crippen LogP contribution in [0.15, 0.2) is 47.6 Å². The summed E-state index contributed by atoms with van der Waals surface area (Å²) in [5, 5.41) is 12.0. The molecule has 1 amide bonds. The summed E-state index contributed by atoms with van der Waals surface area (Å²) in [5.41, 5.74) is 11.4.